The number of aromatic nitrogens is 2. The zero-order valence-corrected chi connectivity index (χ0v) is 45.7. The summed E-state index contributed by atoms with van der Waals surface area (Å²) < 4.78 is 27.9. The van der Waals surface area contributed by atoms with Gasteiger partial charge < -0.3 is 34.5 Å². The van der Waals surface area contributed by atoms with Crippen LogP contribution in [0.5, 0.6) is 5.75 Å². The summed E-state index contributed by atoms with van der Waals surface area (Å²) in [6.07, 6.45) is 15.7. The van der Waals surface area contributed by atoms with Gasteiger partial charge >= 0.3 is 5.97 Å². The summed E-state index contributed by atoms with van der Waals surface area (Å²) in [7, 11) is 0. The van der Waals surface area contributed by atoms with E-state index in [0.717, 1.165) is 138 Å². The van der Waals surface area contributed by atoms with Gasteiger partial charge in [-0.05, 0) is 100 Å². The molecule has 19 nitrogen and oxygen atoms in total. The number of aldehydes is 1. The van der Waals surface area contributed by atoms with Crippen molar-refractivity contribution in [1.29, 1.82) is 5.26 Å². The van der Waals surface area contributed by atoms with Crippen LogP contribution in [0.4, 0.5) is 15.9 Å². The lowest BCUT2D eigenvalue weighted by atomic mass is 9.93. The predicted octanol–water partition coefficient (Wildman–Crippen LogP) is 8.11. The summed E-state index contributed by atoms with van der Waals surface area (Å²) in [6, 6.07) is 11.8. The molecule has 0 bridgehead atoms. The second-order valence-corrected chi connectivity index (χ2v) is 22.1. The van der Waals surface area contributed by atoms with Crippen LogP contribution in [0.15, 0.2) is 42.5 Å². The summed E-state index contributed by atoms with van der Waals surface area (Å²) in [5.74, 6) is -3.14. The first-order valence-electron chi connectivity index (χ1n) is 28.4. The number of likely N-dealkylation sites (tertiary alicyclic amines) is 1. The van der Waals surface area contributed by atoms with Crippen LogP contribution in [0.1, 0.15) is 172 Å². The topological polar surface area (TPSA) is 236 Å². The standard InChI is InChI=1S/C58H73ClFN9O10/c59-47-32-44(16-13-40(47)36-61)79-42-17-14-41(15-18-42)62-55(74)49-19-21-52(64-63-49)67-25-23-39(24-26-67)37-65-27-29-66(30-28-65)51-35-46-45(34-48(51)60)56(75)69(57(46)76)50-20-22-53(71)68(58(50)77)38-78-43(33-54(72)73)12-10-8-6-4-2-1-3-5-7-9-11-31-70/h13,16,19,21,31-32,34-35,39,41-43,50H,1-12,14-15,17-18,20,22-30,33,37-38H2,(H,62,74)(H,72,73)/t41?,42?,43-,50-/m1/s1. The number of amides is 5. The van der Waals surface area contributed by atoms with E-state index >= 15 is 4.39 Å². The Kier molecular flexibility index (Phi) is 21.2. The Morgan fingerprint density at radius 1 is 0.810 bits per heavy atom. The maximum atomic E-state index is 15.9. The number of benzene rings is 2. The second-order valence-electron chi connectivity index (χ2n) is 21.7. The van der Waals surface area contributed by atoms with E-state index in [1.54, 1.807) is 24.3 Å². The Bertz CT molecular complexity index is 2690. The molecule has 3 saturated heterocycles. The van der Waals surface area contributed by atoms with Crippen LogP contribution in [0.2, 0.25) is 5.02 Å². The van der Waals surface area contributed by atoms with Gasteiger partial charge in [0.25, 0.3) is 23.6 Å². The third-order valence-electron chi connectivity index (χ3n) is 16.1. The lowest BCUT2D eigenvalue weighted by molar-refractivity contribution is -0.161. The van der Waals surface area contributed by atoms with Crippen LogP contribution < -0.4 is 19.9 Å². The molecule has 0 unspecified atom stereocenters. The summed E-state index contributed by atoms with van der Waals surface area (Å²) in [6.45, 7) is 4.23. The molecule has 424 valence electrons. The van der Waals surface area contributed by atoms with Gasteiger partial charge in [-0.15, -0.1) is 10.2 Å². The zero-order chi connectivity index (χ0) is 55.8. The number of nitriles is 1. The summed E-state index contributed by atoms with van der Waals surface area (Å²) in [5, 5.41) is 30.8. The lowest BCUT2D eigenvalue weighted by Gasteiger charge is -2.39. The molecule has 5 aliphatic rings. The fourth-order valence-corrected chi connectivity index (χ4v) is 11.8. The Hall–Kier alpha value is -6.56. The van der Waals surface area contributed by atoms with Gasteiger partial charge in [-0.3, -0.25) is 43.5 Å². The molecule has 2 aromatic carbocycles. The number of imide groups is 2. The molecule has 1 saturated carbocycles. The third-order valence-corrected chi connectivity index (χ3v) is 16.5. The van der Waals surface area contributed by atoms with Crippen molar-refractivity contribution in [1.82, 2.24) is 30.2 Å². The molecule has 2 atom stereocenters. The molecule has 4 aliphatic heterocycles. The largest absolute Gasteiger partial charge is 0.490 e. The second kappa shape index (κ2) is 28.5. The van der Waals surface area contributed by atoms with Crippen molar-refractivity contribution >= 4 is 64.9 Å². The number of carboxylic acids is 1. The number of anilines is 2. The fourth-order valence-electron chi connectivity index (χ4n) is 11.6. The van der Waals surface area contributed by atoms with Gasteiger partial charge in [-0.2, -0.15) is 5.26 Å². The number of carboxylic acid groups (broad SMARTS) is 1. The molecular weight excluding hydrogens is 1040 g/mol. The normalized spacial score (nSPS) is 20.5. The number of aliphatic carboxylic acids is 1. The van der Waals surface area contributed by atoms with E-state index in [-0.39, 0.29) is 59.8 Å². The molecule has 1 aromatic heterocycles. The molecule has 8 rings (SSSR count). The minimum absolute atomic E-state index is 0.00708. The van der Waals surface area contributed by atoms with E-state index in [4.69, 9.17) is 26.3 Å². The van der Waals surface area contributed by atoms with Crippen molar-refractivity contribution in [3.05, 3.63) is 75.7 Å². The first kappa shape index (κ1) is 58.6. The first-order valence-corrected chi connectivity index (χ1v) is 28.7. The van der Waals surface area contributed by atoms with Crippen molar-refractivity contribution in [2.75, 3.05) is 62.3 Å². The van der Waals surface area contributed by atoms with Gasteiger partial charge in [0, 0.05) is 70.8 Å². The molecule has 21 heteroatoms. The van der Waals surface area contributed by atoms with Gasteiger partial charge in [0.1, 0.15) is 36.7 Å². The van der Waals surface area contributed by atoms with E-state index in [9.17, 15) is 38.7 Å². The van der Waals surface area contributed by atoms with Crippen LogP contribution in [0.3, 0.4) is 0 Å². The smallest absolute Gasteiger partial charge is 0.305 e. The maximum absolute atomic E-state index is 15.9. The molecule has 5 amide bonds. The zero-order valence-electron chi connectivity index (χ0n) is 45.0. The molecule has 1 aliphatic carbocycles. The number of fused-ring (bicyclic) bond motifs is 1. The Labute approximate surface area is 466 Å². The van der Waals surface area contributed by atoms with Crippen molar-refractivity contribution < 1.29 is 52.5 Å². The van der Waals surface area contributed by atoms with Gasteiger partial charge in [-0.25, -0.2) is 4.39 Å². The number of hydrogen-bond donors (Lipinski definition) is 2. The summed E-state index contributed by atoms with van der Waals surface area (Å²) in [4.78, 5) is 98.1. The third kappa shape index (κ3) is 15.6. The Morgan fingerprint density at radius 2 is 1.48 bits per heavy atom. The maximum Gasteiger partial charge on any atom is 0.305 e. The van der Waals surface area contributed by atoms with Gasteiger partial charge in [0.2, 0.25) is 5.91 Å². The number of hydrogen-bond acceptors (Lipinski definition) is 15. The molecule has 0 spiro atoms. The van der Waals surface area contributed by atoms with E-state index in [0.29, 0.717) is 73.5 Å². The Balaban J connectivity index is 0.744. The molecule has 3 aromatic rings. The number of halogens is 2. The average Bonchev–Trinajstić information content (AvgIpc) is 3.97. The number of carbonyl (C=O) groups is 7. The number of unbranched alkanes of at least 4 members (excludes halogenated alkanes) is 10. The minimum Gasteiger partial charge on any atom is -0.490 e. The fraction of sp³-hybridized carbons (Fsp3) is 0.586. The highest BCUT2D eigenvalue weighted by molar-refractivity contribution is 6.31. The van der Waals surface area contributed by atoms with Crippen molar-refractivity contribution in [3.8, 4) is 11.8 Å². The van der Waals surface area contributed by atoms with Crippen molar-refractivity contribution in [2.24, 2.45) is 5.92 Å². The molecular formula is C58H73ClFN9O10. The van der Waals surface area contributed by atoms with Crippen LogP contribution in [0, 0.1) is 23.1 Å². The van der Waals surface area contributed by atoms with Gasteiger partial charge in [0.05, 0.1) is 46.0 Å². The molecule has 0 radical (unpaired) electrons. The number of piperazine rings is 1. The van der Waals surface area contributed by atoms with Crippen LogP contribution in [0.25, 0.3) is 0 Å². The molecule has 5 heterocycles. The van der Waals surface area contributed by atoms with Gasteiger partial charge in [0.15, 0.2) is 11.5 Å². The number of ether oxygens (including phenoxy) is 2. The van der Waals surface area contributed by atoms with E-state index in [2.05, 4.69) is 25.3 Å². The predicted molar refractivity (Wildman–Crippen MR) is 291 cm³/mol. The highest BCUT2D eigenvalue weighted by Crippen LogP contribution is 2.35. The lowest BCUT2D eigenvalue weighted by Crippen LogP contribution is -2.56. The molecule has 79 heavy (non-hydrogen) atoms. The van der Waals surface area contributed by atoms with Crippen LogP contribution >= 0.6 is 11.6 Å². The quantitative estimate of drug-likeness (QED) is 0.0417. The van der Waals surface area contributed by atoms with E-state index in [1.165, 1.54) is 6.07 Å². The van der Waals surface area contributed by atoms with Crippen LogP contribution in [-0.4, -0.2) is 149 Å². The first-order chi connectivity index (χ1) is 38.3. The minimum atomic E-state index is -1.31. The SMILES string of the molecule is N#Cc1ccc(OC2CCC(NC(=O)c3ccc(N4CCC(CN5CCN(c6cc7c(cc6F)C(=O)N([C@@H]6CCC(=O)N(CO[C@H](CCCCCCCCCCCCC=O)CC(=O)O)C6=O)C7=O)CC5)CC4)nn3)CC2)cc1Cl. The van der Waals surface area contributed by atoms with E-state index < -0.39 is 54.3 Å². The Morgan fingerprint density at radius 3 is 2.11 bits per heavy atom. The van der Waals surface area contributed by atoms with Crippen molar-refractivity contribution in [3.63, 3.8) is 0 Å². The van der Waals surface area contributed by atoms with Gasteiger partial charge in [-0.1, -0.05) is 69.4 Å². The molecule has 2 N–H and O–H groups in total. The average molecular weight is 1110 g/mol. The highest BCUT2D eigenvalue weighted by atomic mass is 35.5. The summed E-state index contributed by atoms with van der Waals surface area (Å²) in [5.41, 5.74) is 0.703. The van der Waals surface area contributed by atoms with Crippen LogP contribution in [-0.2, 0) is 23.9 Å². The molecule has 4 fully saturated rings. The monoisotopic (exact) mass is 1110 g/mol. The summed E-state index contributed by atoms with van der Waals surface area (Å²) >= 11 is 6.16. The van der Waals surface area contributed by atoms with E-state index in [1.807, 2.05) is 17.0 Å². The number of rotatable bonds is 27. The van der Waals surface area contributed by atoms with Crippen molar-refractivity contribution in [2.45, 2.75) is 159 Å². The number of nitrogens with one attached hydrogen (secondary N) is 1. The number of nitrogens with zero attached hydrogens (tertiary/aromatic N) is 8. The highest BCUT2D eigenvalue weighted by Gasteiger charge is 2.48. The number of carbonyl (C=O) groups excluding carboxylic acids is 6. The number of piperidine rings is 2.